The molecule has 0 atom stereocenters. The summed E-state index contributed by atoms with van der Waals surface area (Å²) in [5.74, 6) is 0. The van der Waals surface area contributed by atoms with Gasteiger partial charge in [0.15, 0.2) is 0 Å². The number of allylic oxidation sites excluding steroid dienone is 2. The summed E-state index contributed by atoms with van der Waals surface area (Å²) in [6.07, 6.45) is 7.12. The van der Waals surface area contributed by atoms with Gasteiger partial charge in [-0.25, -0.2) is 0 Å². The third-order valence-corrected chi connectivity index (χ3v) is 3.74. The van der Waals surface area contributed by atoms with Gasteiger partial charge in [-0.3, -0.25) is 0 Å². The zero-order chi connectivity index (χ0) is 14.5. The first-order valence-electron chi connectivity index (χ1n) is 7.10. The van der Waals surface area contributed by atoms with E-state index in [4.69, 9.17) is 0 Å². The Kier molecular flexibility index (Phi) is 4.57. The Morgan fingerprint density at radius 1 is 1.10 bits per heavy atom. The molecule has 0 aromatic heterocycles. The number of benzene rings is 2. The quantitative estimate of drug-likeness (QED) is 0.617. The minimum Gasteiger partial charge on any atom is -0.103 e. The first-order valence-corrected chi connectivity index (χ1v) is 7.10. The SMILES string of the molecule is C=CCc1c(C)ccc(-c2cccc(/C=C/C)c2)c1C. The lowest BCUT2D eigenvalue weighted by Gasteiger charge is -2.14. The fraction of sp³-hybridized carbons (Fsp3) is 0.200. The van der Waals surface area contributed by atoms with Crippen LogP contribution in [0, 0.1) is 13.8 Å². The molecule has 20 heavy (non-hydrogen) atoms. The molecule has 102 valence electrons. The van der Waals surface area contributed by atoms with Gasteiger partial charge in [-0.1, -0.05) is 48.6 Å². The number of hydrogen-bond acceptors (Lipinski definition) is 0. The number of aryl methyl sites for hydroxylation is 1. The lowest BCUT2D eigenvalue weighted by Crippen LogP contribution is -1.95. The molecule has 0 aliphatic rings. The number of rotatable bonds is 4. The minimum absolute atomic E-state index is 0.931. The topological polar surface area (TPSA) is 0 Å². The van der Waals surface area contributed by atoms with Crippen molar-refractivity contribution in [3.05, 3.63) is 77.4 Å². The molecule has 0 heteroatoms. The Morgan fingerprint density at radius 3 is 2.60 bits per heavy atom. The highest BCUT2D eigenvalue weighted by atomic mass is 14.1. The van der Waals surface area contributed by atoms with Crippen LogP contribution in [0.3, 0.4) is 0 Å². The summed E-state index contributed by atoms with van der Waals surface area (Å²) in [6, 6.07) is 13.1. The van der Waals surface area contributed by atoms with Gasteiger partial charge in [0.1, 0.15) is 0 Å². The predicted octanol–water partition coefficient (Wildman–Crippen LogP) is 5.73. The molecule has 0 fully saturated rings. The lowest BCUT2D eigenvalue weighted by molar-refractivity contribution is 1.17. The van der Waals surface area contributed by atoms with Gasteiger partial charge < -0.3 is 0 Å². The molecule has 0 N–H and O–H groups in total. The van der Waals surface area contributed by atoms with Crippen molar-refractivity contribution in [3.8, 4) is 11.1 Å². The Labute approximate surface area is 122 Å². The molecule has 2 rings (SSSR count). The smallest absolute Gasteiger partial charge is 0.00947 e. The van der Waals surface area contributed by atoms with E-state index in [1.807, 2.05) is 13.0 Å². The maximum absolute atomic E-state index is 3.87. The van der Waals surface area contributed by atoms with E-state index in [0.717, 1.165) is 6.42 Å². The van der Waals surface area contributed by atoms with Gasteiger partial charge in [-0.15, -0.1) is 6.58 Å². The Hall–Kier alpha value is -2.08. The third-order valence-electron chi connectivity index (χ3n) is 3.74. The van der Waals surface area contributed by atoms with Crippen LogP contribution < -0.4 is 0 Å². The van der Waals surface area contributed by atoms with Crippen molar-refractivity contribution in [2.24, 2.45) is 0 Å². The van der Waals surface area contributed by atoms with Crippen molar-refractivity contribution < 1.29 is 0 Å². The molecule has 0 aliphatic heterocycles. The molecule has 0 amide bonds. The summed E-state index contributed by atoms with van der Waals surface area (Å²) >= 11 is 0. The fourth-order valence-electron chi connectivity index (χ4n) is 2.67. The molecular formula is C20H22. The first kappa shape index (κ1) is 14.3. The van der Waals surface area contributed by atoms with E-state index in [0.29, 0.717) is 0 Å². The highest BCUT2D eigenvalue weighted by Crippen LogP contribution is 2.29. The summed E-state index contributed by atoms with van der Waals surface area (Å²) in [5.41, 5.74) is 7.95. The van der Waals surface area contributed by atoms with E-state index >= 15 is 0 Å². The van der Waals surface area contributed by atoms with Crippen molar-refractivity contribution in [2.75, 3.05) is 0 Å². The van der Waals surface area contributed by atoms with E-state index in [2.05, 4.69) is 69.0 Å². The molecule has 0 aliphatic carbocycles. The highest BCUT2D eigenvalue weighted by molar-refractivity contribution is 5.72. The van der Waals surface area contributed by atoms with Crippen molar-refractivity contribution in [1.82, 2.24) is 0 Å². The van der Waals surface area contributed by atoms with Crippen molar-refractivity contribution >= 4 is 6.08 Å². The summed E-state index contributed by atoms with van der Waals surface area (Å²) in [5, 5.41) is 0. The summed E-state index contributed by atoms with van der Waals surface area (Å²) in [6.45, 7) is 10.3. The fourth-order valence-corrected chi connectivity index (χ4v) is 2.67. The molecule has 0 nitrogen and oxygen atoms in total. The summed E-state index contributed by atoms with van der Waals surface area (Å²) < 4.78 is 0. The highest BCUT2D eigenvalue weighted by Gasteiger charge is 2.08. The van der Waals surface area contributed by atoms with Gasteiger partial charge in [0.25, 0.3) is 0 Å². The van der Waals surface area contributed by atoms with Gasteiger partial charge in [0.05, 0.1) is 0 Å². The molecule has 0 radical (unpaired) electrons. The van der Waals surface area contributed by atoms with Crippen molar-refractivity contribution in [1.29, 1.82) is 0 Å². The van der Waals surface area contributed by atoms with Crippen LogP contribution in [0.25, 0.3) is 17.2 Å². The molecule has 2 aromatic rings. The van der Waals surface area contributed by atoms with Crippen LogP contribution in [0.2, 0.25) is 0 Å². The number of hydrogen-bond donors (Lipinski definition) is 0. The Morgan fingerprint density at radius 2 is 1.90 bits per heavy atom. The second-order valence-electron chi connectivity index (χ2n) is 5.15. The molecule has 0 bridgehead atoms. The molecular weight excluding hydrogens is 240 g/mol. The zero-order valence-corrected chi connectivity index (χ0v) is 12.6. The van der Waals surface area contributed by atoms with Gasteiger partial charge in [0.2, 0.25) is 0 Å². The second-order valence-corrected chi connectivity index (χ2v) is 5.15. The van der Waals surface area contributed by atoms with E-state index in [-0.39, 0.29) is 0 Å². The summed E-state index contributed by atoms with van der Waals surface area (Å²) in [7, 11) is 0. The van der Waals surface area contributed by atoms with Crippen LogP contribution in [0.4, 0.5) is 0 Å². The molecule has 0 saturated heterocycles. The largest absolute Gasteiger partial charge is 0.103 e. The van der Waals surface area contributed by atoms with Crippen LogP contribution in [0.5, 0.6) is 0 Å². The maximum atomic E-state index is 3.87. The average molecular weight is 262 g/mol. The van der Waals surface area contributed by atoms with E-state index in [1.54, 1.807) is 0 Å². The van der Waals surface area contributed by atoms with E-state index in [1.165, 1.54) is 33.4 Å². The Bertz CT molecular complexity index is 645. The van der Waals surface area contributed by atoms with Crippen LogP contribution >= 0.6 is 0 Å². The van der Waals surface area contributed by atoms with Crippen LogP contribution in [-0.4, -0.2) is 0 Å². The van der Waals surface area contributed by atoms with Crippen LogP contribution in [0.15, 0.2) is 55.1 Å². The van der Waals surface area contributed by atoms with Crippen molar-refractivity contribution in [3.63, 3.8) is 0 Å². The Balaban J connectivity index is 2.55. The molecule has 0 heterocycles. The predicted molar refractivity (Wildman–Crippen MR) is 90.0 cm³/mol. The zero-order valence-electron chi connectivity index (χ0n) is 12.6. The third kappa shape index (κ3) is 2.91. The monoisotopic (exact) mass is 262 g/mol. The standard InChI is InChI=1S/C20H22/c1-5-8-17-10-7-11-18(14-17)20-13-12-15(3)19(9-6-2)16(20)4/h5-8,10-14H,2,9H2,1,3-4H3/b8-5+. The van der Waals surface area contributed by atoms with Gasteiger partial charge in [-0.2, -0.15) is 0 Å². The molecule has 2 aromatic carbocycles. The molecule has 0 saturated carbocycles. The second kappa shape index (κ2) is 6.38. The van der Waals surface area contributed by atoms with E-state index in [9.17, 15) is 0 Å². The molecule has 0 unspecified atom stereocenters. The van der Waals surface area contributed by atoms with Gasteiger partial charge >= 0.3 is 0 Å². The maximum Gasteiger partial charge on any atom is -0.00947 e. The van der Waals surface area contributed by atoms with Crippen molar-refractivity contribution in [2.45, 2.75) is 27.2 Å². The molecule has 0 spiro atoms. The normalized spacial score (nSPS) is 10.9. The van der Waals surface area contributed by atoms with Crippen LogP contribution in [-0.2, 0) is 6.42 Å². The van der Waals surface area contributed by atoms with E-state index < -0.39 is 0 Å². The minimum atomic E-state index is 0.931. The van der Waals surface area contributed by atoms with Crippen LogP contribution in [0.1, 0.15) is 29.2 Å². The average Bonchev–Trinajstić information content (AvgIpc) is 2.44. The first-order chi connectivity index (χ1) is 9.67. The lowest BCUT2D eigenvalue weighted by atomic mass is 9.91. The van der Waals surface area contributed by atoms with Gasteiger partial charge in [0, 0.05) is 0 Å². The summed E-state index contributed by atoms with van der Waals surface area (Å²) in [4.78, 5) is 0. The van der Waals surface area contributed by atoms with Gasteiger partial charge in [-0.05, 0) is 66.6 Å².